The Balaban J connectivity index is 1.75. The Labute approximate surface area is 190 Å². The Morgan fingerprint density at radius 3 is 2.69 bits per heavy atom. The maximum Gasteiger partial charge on any atom is 0.293 e. The van der Waals surface area contributed by atoms with Crippen LogP contribution in [-0.2, 0) is 13.0 Å². The van der Waals surface area contributed by atoms with Crippen LogP contribution in [0.15, 0.2) is 41.4 Å². The molecule has 0 aliphatic carbocycles. The monoisotopic (exact) mass is 448 g/mol. The summed E-state index contributed by atoms with van der Waals surface area (Å²) in [5.41, 5.74) is 2.80. The number of nitro benzene ring substituents is 1. The fourth-order valence-electron chi connectivity index (χ4n) is 4.02. The van der Waals surface area contributed by atoms with Crippen molar-refractivity contribution < 1.29 is 9.72 Å². The molecule has 7 nitrogen and oxygen atoms in total. The Bertz CT molecular complexity index is 1290. The number of hydrogen-bond donors (Lipinski definition) is 0. The zero-order chi connectivity index (χ0) is 22.7. The minimum absolute atomic E-state index is 0.0617. The molecule has 0 atom stereocenters. The Hall–Kier alpha value is -3.44. The summed E-state index contributed by atoms with van der Waals surface area (Å²) in [4.78, 5) is 31.1. The molecule has 1 aromatic heterocycles. The molecule has 2 aromatic carbocycles. The van der Waals surface area contributed by atoms with Gasteiger partial charge in [0.15, 0.2) is 4.80 Å². The van der Waals surface area contributed by atoms with E-state index in [1.54, 1.807) is 12.1 Å². The number of fused-ring (bicyclic) bond motifs is 1. The molecule has 1 fully saturated rings. The van der Waals surface area contributed by atoms with Gasteiger partial charge in [-0.1, -0.05) is 30.2 Å². The fraction of sp³-hybridized carbons (Fsp3) is 0.333. The lowest BCUT2D eigenvalue weighted by atomic mass is 10.1. The quantitative estimate of drug-likeness (QED) is 0.326. The number of rotatable bonds is 5. The van der Waals surface area contributed by atoms with Crippen LogP contribution in [0.4, 0.5) is 11.4 Å². The van der Waals surface area contributed by atoms with Crippen molar-refractivity contribution in [3.8, 4) is 12.3 Å². The molecule has 0 spiro atoms. The van der Waals surface area contributed by atoms with Gasteiger partial charge in [0.1, 0.15) is 5.69 Å². The first-order valence-corrected chi connectivity index (χ1v) is 11.5. The summed E-state index contributed by atoms with van der Waals surface area (Å²) in [7, 11) is 0. The first-order valence-electron chi connectivity index (χ1n) is 10.7. The summed E-state index contributed by atoms with van der Waals surface area (Å²) in [5, 5.41) is 11.7. The largest absolute Gasteiger partial charge is 0.366 e. The molecule has 1 saturated heterocycles. The van der Waals surface area contributed by atoms with Crippen molar-refractivity contribution >= 4 is 38.8 Å². The number of amides is 1. The molecule has 3 aromatic rings. The van der Waals surface area contributed by atoms with Crippen LogP contribution in [0.5, 0.6) is 0 Å². The molecule has 4 rings (SSSR count). The number of piperidine rings is 1. The topological polar surface area (TPSA) is 80.7 Å². The number of hydrogen-bond acceptors (Lipinski definition) is 5. The van der Waals surface area contributed by atoms with Gasteiger partial charge in [-0.15, -0.1) is 6.42 Å². The first-order chi connectivity index (χ1) is 15.5. The van der Waals surface area contributed by atoms with Crippen LogP contribution in [0.25, 0.3) is 10.2 Å². The van der Waals surface area contributed by atoms with Crippen molar-refractivity contribution in [1.29, 1.82) is 0 Å². The standard InChI is InChI=1S/C24H24N4O3S/c1-3-12-27-20-10-8-17(4-2)15-22(20)32-24(27)25-23(29)18-9-11-19(21(16-18)28(30)31)26-13-6-5-7-14-26/h1,8-11,15-16H,4-7,12-14H2,2H3. The average molecular weight is 449 g/mol. The second-order valence-corrected chi connectivity index (χ2v) is 8.76. The fourth-order valence-corrected chi connectivity index (χ4v) is 5.11. The maximum absolute atomic E-state index is 13.0. The highest BCUT2D eigenvalue weighted by atomic mass is 32.1. The highest BCUT2D eigenvalue weighted by Crippen LogP contribution is 2.31. The van der Waals surface area contributed by atoms with E-state index >= 15 is 0 Å². The molecule has 1 aliphatic heterocycles. The van der Waals surface area contributed by atoms with Gasteiger partial charge < -0.3 is 9.47 Å². The van der Waals surface area contributed by atoms with Crippen molar-refractivity contribution in [3.05, 3.63) is 62.4 Å². The smallest absolute Gasteiger partial charge is 0.293 e. The van der Waals surface area contributed by atoms with E-state index in [1.165, 1.54) is 23.0 Å². The van der Waals surface area contributed by atoms with Gasteiger partial charge in [-0.25, -0.2) is 0 Å². The van der Waals surface area contributed by atoms with Crippen molar-refractivity contribution in [2.75, 3.05) is 18.0 Å². The summed E-state index contributed by atoms with van der Waals surface area (Å²) in [6.45, 7) is 3.93. The Kier molecular flexibility index (Phi) is 6.37. The maximum atomic E-state index is 13.0. The van der Waals surface area contributed by atoms with Crippen LogP contribution < -0.4 is 9.70 Å². The number of benzene rings is 2. The van der Waals surface area contributed by atoms with Crippen molar-refractivity contribution in [3.63, 3.8) is 0 Å². The van der Waals surface area contributed by atoms with Crippen LogP contribution in [-0.4, -0.2) is 28.5 Å². The van der Waals surface area contributed by atoms with E-state index < -0.39 is 10.8 Å². The zero-order valence-corrected chi connectivity index (χ0v) is 18.7. The van der Waals surface area contributed by atoms with E-state index in [0.717, 1.165) is 49.0 Å². The predicted molar refractivity (Wildman–Crippen MR) is 127 cm³/mol. The van der Waals surface area contributed by atoms with Gasteiger partial charge in [0.05, 0.1) is 21.7 Å². The number of terminal acetylenes is 1. The minimum atomic E-state index is -0.522. The third-order valence-corrected chi connectivity index (χ3v) is 6.76. The molecule has 0 unspecified atom stereocenters. The molecule has 0 radical (unpaired) electrons. The first kappa shape index (κ1) is 21.8. The summed E-state index contributed by atoms with van der Waals surface area (Å²) >= 11 is 1.39. The van der Waals surface area contributed by atoms with Crippen LogP contribution in [0.1, 0.15) is 42.1 Å². The molecule has 32 heavy (non-hydrogen) atoms. The van der Waals surface area contributed by atoms with Crippen LogP contribution >= 0.6 is 11.3 Å². The molecule has 1 aliphatic rings. The third-order valence-electron chi connectivity index (χ3n) is 5.72. The number of nitro groups is 1. The van der Waals surface area contributed by atoms with E-state index in [2.05, 4.69) is 23.9 Å². The molecule has 1 amide bonds. The number of nitrogens with zero attached hydrogens (tertiary/aromatic N) is 4. The molecule has 0 N–H and O–H groups in total. The molecule has 2 heterocycles. The van der Waals surface area contributed by atoms with Gasteiger partial charge >= 0.3 is 0 Å². The Morgan fingerprint density at radius 2 is 2.00 bits per heavy atom. The normalized spacial score (nSPS) is 14.5. The van der Waals surface area contributed by atoms with Gasteiger partial charge in [0.25, 0.3) is 11.6 Å². The summed E-state index contributed by atoms with van der Waals surface area (Å²) in [6, 6.07) is 10.7. The van der Waals surface area contributed by atoms with Gasteiger partial charge in [0.2, 0.25) is 0 Å². The second-order valence-electron chi connectivity index (χ2n) is 7.76. The predicted octanol–water partition coefficient (Wildman–Crippen LogP) is 4.54. The number of carbonyl (C=O) groups excluding carboxylic acids is 1. The van der Waals surface area contributed by atoms with Crippen molar-refractivity contribution in [2.24, 2.45) is 4.99 Å². The van der Waals surface area contributed by atoms with Gasteiger partial charge in [-0.2, -0.15) is 4.99 Å². The molecular formula is C24H24N4O3S. The second kappa shape index (κ2) is 9.37. The van der Waals surface area contributed by atoms with Crippen molar-refractivity contribution in [2.45, 2.75) is 39.2 Å². The zero-order valence-electron chi connectivity index (χ0n) is 17.9. The highest BCUT2D eigenvalue weighted by molar-refractivity contribution is 7.16. The number of anilines is 1. The lowest BCUT2D eigenvalue weighted by molar-refractivity contribution is -0.384. The lowest BCUT2D eigenvalue weighted by Crippen LogP contribution is -2.30. The number of thiazole rings is 1. The number of carbonyl (C=O) groups is 1. The van der Waals surface area contributed by atoms with E-state index in [4.69, 9.17) is 6.42 Å². The highest BCUT2D eigenvalue weighted by Gasteiger charge is 2.23. The number of aromatic nitrogens is 1. The molecular weight excluding hydrogens is 424 g/mol. The summed E-state index contributed by atoms with van der Waals surface area (Å²) < 4.78 is 2.82. The van der Waals surface area contributed by atoms with Gasteiger partial charge in [-0.05, 0) is 55.5 Å². The van der Waals surface area contributed by atoms with Crippen molar-refractivity contribution in [1.82, 2.24) is 4.57 Å². The molecule has 8 heteroatoms. The van der Waals surface area contributed by atoms with E-state index in [0.29, 0.717) is 10.5 Å². The Morgan fingerprint density at radius 1 is 1.22 bits per heavy atom. The molecule has 0 bridgehead atoms. The molecule has 164 valence electrons. The SMILES string of the molecule is C#CCn1c(=NC(=O)c2ccc(N3CCCCC3)c([N+](=O)[O-])c2)sc2cc(CC)ccc21. The lowest BCUT2D eigenvalue weighted by Gasteiger charge is -2.28. The third kappa shape index (κ3) is 4.30. The van der Waals surface area contributed by atoms with Gasteiger partial charge in [-0.3, -0.25) is 14.9 Å². The van der Waals surface area contributed by atoms with E-state index in [9.17, 15) is 14.9 Å². The van der Waals surface area contributed by atoms with Crippen LogP contribution in [0.2, 0.25) is 0 Å². The summed E-state index contributed by atoms with van der Waals surface area (Å²) in [6.07, 6.45) is 9.60. The average Bonchev–Trinajstić information content (AvgIpc) is 3.15. The number of aryl methyl sites for hydroxylation is 1. The van der Waals surface area contributed by atoms with Crippen LogP contribution in [0, 0.1) is 22.5 Å². The van der Waals surface area contributed by atoms with E-state index in [-0.39, 0.29) is 17.8 Å². The minimum Gasteiger partial charge on any atom is -0.366 e. The van der Waals surface area contributed by atoms with Crippen LogP contribution in [0.3, 0.4) is 0 Å². The summed E-state index contributed by atoms with van der Waals surface area (Å²) in [5.74, 6) is 2.09. The van der Waals surface area contributed by atoms with E-state index in [1.807, 2.05) is 21.6 Å². The molecule has 0 saturated carbocycles. The van der Waals surface area contributed by atoms with Gasteiger partial charge in [0, 0.05) is 24.7 Å².